The smallest absolute Gasteiger partial charge is 0.271 e. The summed E-state index contributed by atoms with van der Waals surface area (Å²) in [5, 5.41) is 4.52. The van der Waals surface area contributed by atoms with E-state index >= 15 is 0 Å². The van der Waals surface area contributed by atoms with E-state index in [0.29, 0.717) is 16.3 Å². The van der Waals surface area contributed by atoms with E-state index in [0.717, 1.165) is 14.5 Å². The quantitative estimate of drug-likeness (QED) is 0.550. The SMILES string of the molecule is COc1c(Br)cc(Br)cc1/C=N\NC(=O)c1ccc(Cl)cc1. The Morgan fingerprint density at radius 3 is 2.59 bits per heavy atom. The minimum absolute atomic E-state index is 0.319. The summed E-state index contributed by atoms with van der Waals surface area (Å²) in [6.45, 7) is 0. The Hall–Kier alpha value is -1.37. The van der Waals surface area contributed by atoms with E-state index in [1.54, 1.807) is 31.4 Å². The van der Waals surface area contributed by atoms with Crippen LogP contribution in [0.5, 0.6) is 5.75 Å². The van der Waals surface area contributed by atoms with Crippen LogP contribution in [0, 0.1) is 0 Å². The molecule has 0 bridgehead atoms. The van der Waals surface area contributed by atoms with Gasteiger partial charge in [-0.1, -0.05) is 27.5 Å². The van der Waals surface area contributed by atoms with Crippen LogP contribution in [0.2, 0.25) is 5.02 Å². The molecule has 7 heteroatoms. The average molecular weight is 447 g/mol. The lowest BCUT2D eigenvalue weighted by Crippen LogP contribution is -2.17. The second-order valence-corrected chi connectivity index (χ2v) is 6.42. The lowest BCUT2D eigenvalue weighted by atomic mass is 10.2. The maximum absolute atomic E-state index is 11.9. The molecule has 0 saturated heterocycles. The number of nitrogens with zero attached hydrogens (tertiary/aromatic N) is 1. The number of nitrogens with one attached hydrogen (secondary N) is 1. The monoisotopic (exact) mass is 444 g/mol. The van der Waals surface area contributed by atoms with Gasteiger partial charge in [-0.25, -0.2) is 5.43 Å². The van der Waals surface area contributed by atoms with Crippen LogP contribution in [-0.2, 0) is 0 Å². The number of amides is 1. The zero-order chi connectivity index (χ0) is 16.1. The summed E-state index contributed by atoms with van der Waals surface area (Å²) in [4.78, 5) is 11.9. The minimum Gasteiger partial charge on any atom is -0.495 e. The van der Waals surface area contributed by atoms with Crippen LogP contribution >= 0.6 is 43.5 Å². The predicted molar refractivity (Wildman–Crippen MR) is 94.9 cm³/mol. The number of halogens is 3. The molecule has 0 saturated carbocycles. The number of carbonyl (C=O) groups excluding carboxylic acids is 1. The molecule has 2 aromatic rings. The summed E-state index contributed by atoms with van der Waals surface area (Å²) >= 11 is 12.6. The van der Waals surface area contributed by atoms with Crippen molar-refractivity contribution in [1.82, 2.24) is 5.43 Å². The van der Waals surface area contributed by atoms with Crippen molar-refractivity contribution in [3.8, 4) is 5.75 Å². The molecule has 1 N–H and O–H groups in total. The van der Waals surface area contributed by atoms with Gasteiger partial charge in [-0.15, -0.1) is 0 Å². The fourth-order valence-corrected chi connectivity index (χ4v) is 3.26. The molecule has 0 unspecified atom stereocenters. The first kappa shape index (κ1) is 17.0. The summed E-state index contributed by atoms with van der Waals surface area (Å²) in [6.07, 6.45) is 1.52. The predicted octanol–water partition coefficient (Wildman–Crippen LogP) is 4.64. The Balaban J connectivity index is 2.12. The van der Waals surface area contributed by atoms with Crippen molar-refractivity contribution in [3.63, 3.8) is 0 Å². The van der Waals surface area contributed by atoms with E-state index in [9.17, 15) is 4.79 Å². The second kappa shape index (κ2) is 7.76. The van der Waals surface area contributed by atoms with E-state index in [2.05, 4.69) is 42.4 Å². The van der Waals surface area contributed by atoms with Crippen molar-refractivity contribution >= 4 is 55.6 Å². The van der Waals surface area contributed by atoms with Gasteiger partial charge in [0.2, 0.25) is 0 Å². The topological polar surface area (TPSA) is 50.7 Å². The Morgan fingerprint density at radius 2 is 1.95 bits per heavy atom. The molecule has 2 aromatic carbocycles. The first-order valence-corrected chi connectivity index (χ1v) is 8.09. The zero-order valence-electron chi connectivity index (χ0n) is 11.4. The third-order valence-electron chi connectivity index (χ3n) is 2.72. The third-order valence-corrected chi connectivity index (χ3v) is 4.02. The van der Waals surface area contributed by atoms with Crippen molar-refractivity contribution < 1.29 is 9.53 Å². The standard InChI is InChI=1S/C15H11Br2ClN2O2/c1-22-14-10(6-11(16)7-13(14)17)8-19-20-15(21)9-2-4-12(18)5-3-9/h2-8H,1H3,(H,20,21)/b19-8-. The first-order chi connectivity index (χ1) is 10.5. The number of hydrogen-bond donors (Lipinski definition) is 1. The molecule has 4 nitrogen and oxygen atoms in total. The van der Waals surface area contributed by atoms with Crippen LogP contribution in [0.1, 0.15) is 15.9 Å². The number of methoxy groups -OCH3 is 1. The van der Waals surface area contributed by atoms with Crippen LogP contribution in [0.25, 0.3) is 0 Å². The zero-order valence-corrected chi connectivity index (χ0v) is 15.4. The lowest BCUT2D eigenvalue weighted by molar-refractivity contribution is 0.0955. The lowest BCUT2D eigenvalue weighted by Gasteiger charge is -2.07. The number of hydrogen-bond acceptors (Lipinski definition) is 3. The molecule has 0 atom stereocenters. The Labute approximate surface area is 149 Å². The summed E-state index contributed by atoms with van der Waals surface area (Å²) in [6, 6.07) is 10.3. The Morgan fingerprint density at radius 1 is 1.27 bits per heavy atom. The average Bonchev–Trinajstić information content (AvgIpc) is 2.47. The highest BCUT2D eigenvalue weighted by molar-refractivity contribution is 9.11. The largest absolute Gasteiger partial charge is 0.495 e. The number of carbonyl (C=O) groups is 1. The van der Waals surface area contributed by atoms with E-state index in [-0.39, 0.29) is 5.91 Å². The summed E-state index contributed by atoms with van der Waals surface area (Å²) in [5.74, 6) is 0.314. The summed E-state index contributed by atoms with van der Waals surface area (Å²) < 4.78 is 6.95. The minimum atomic E-state index is -0.319. The van der Waals surface area contributed by atoms with Crippen molar-refractivity contribution in [2.24, 2.45) is 5.10 Å². The Kier molecular flexibility index (Phi) is 5.99. The van der Waals surface area contributed by atoms with Gasteiger partial charge in [-0.3, -0.25) is 4.79 Å². The fraction of sp³-hybridized carbons (Fsp3) is 0.0667. The van der Waals surface area contributed by atoms with E-state index in [1.807, 2.05) is 12.1 Å². The van der Waals surface area contributed by atoms with Crippen LogP contribution in [-0.4, -0.2) is 19.2 Å². The molecule has 2 rings (SSSR count). The van der Waals surface area contributed by atoms with Gasteiger partial charge in [0.1, 0.15) is 5.75 Å². The summed E-state index contributed by atoms with van der Waals surface area (Å²) in [5.41, 5.74) is 3.66. The van der Waals surface area contributed by atoms with Gasteiger partial charge in [0, 0.05) is 20.6 Å². The number of benzene rings is 2. The van der Waals surface area contributed by atoms with Crippen LogP contribution in [0.4, 0.5) is 0 Å². The highest BCUT2D eigenvalue weighted by Crippen LogP contribution is 2.31. The number of ether oxygens (including phenoxy) is 1. The van der Waals surface area contributed by atoms with Crippen LogP contribution in [0.15, 0.2) is 50.4 Å². The van der Waals surface area contributed by atoms with Gasteiger partial charge < -0.3 is 4.74 Å². The van der Waals surface area contributed by atoms with E-state index in [1.165, 1.54) is 6.21 Å². The number of hydrazone groups is 1. The molecule has 0 fully saturated rings. The second-order valence-electron chi connectivity index (χ2n) is 4.22. The molecule has 0 radical (unpaired) electrons. The van der Waals surface area contributed by atoms with Gasteiger partial charge >= 0.3 is 0 Å². The van der Waals surface area contributed by atoms with Gasteiger partial charge in [0.25, 0.3) is 5.91 Å². The molecule has 114 valence electrons. The van der Waals surface area contributed by atoms with Crippen molar-refractivity contribution in [3.05, 3.63) is 61.5 Å². The normalized spacial score (nSPS) is 10.7. The van der Waals surface area contributed by atoms with E-state index in [4.69, 9.17) is 16.3 Å². The maximum Gasteiger partial charge on any atom is 0.271 e. The van der Waals surface area contributed by atoms with Crippen LogP contribution < -0.4 is 10.2 Å². The molecule has 0 spiro atoms. The molecule has 22 heavy (non-hydrogen) atoms. The summed E-state index contributed by atoms with van der Waals surface area (Å²) in [7, 11) is 1.57. The van der Waals surface area contributed by atoms with Gasteiger partial charge in [-0.2, -0.15) is 5.10 Å². The molecule has 0 aliphatic heterocycles. The number of rotatable bonds is 4. The Bertz CT molecular complexity index is 718. The van der Waals surface area contributed by atoms with Crippen molar-refractivity contribution in [1.29, 1.82) is 0 Å². The van der Waals surface area contributed by atoms with Gasteiger partial charge in [-0.05, 0) is 52.3 Å². The third kappa shape index (κ3) is 4.32. The van der Waals surface area contributed by atoms with Crippen LogP contribution in [0.3, 0.4) is 0 Å². The molecule has 0 aliphatic rings. The maximum atomic E-state index is 11.9. The van der Waals surface area contributed by atoms with Crippen molar-refractivity contribution in [2.45, 2.75) is 0 Å². The van der Waals surface area contributed by atoms with Gasteiger partial charge in [0.05, 0.1) is 17.8 Å². The highest BCUT2D eigenvalue weighted by Gasteiger charge is 2.08. The molecule has 0 aliphatic carbocycles. The highest BCUT2D eigenvalue weighted by atomic mass is 79.9. The van der Waals surface area contributed by atoms with E-state index < -0.39 is 0 Å². The van der Waals surface area contributed by atoms with Crippen molar-refractivity contribution in [2.75, 3.05) is 7.11 Å². The first-order valence-electron chi connectivity index (χ1n) is 6.13. The van der Waals surface area contributed by atoms with Gasteiger partial charge in [0.15, 0.2) is 0 Å². The molecular formula is C15H11Br2ClN2O2. The molecule has 0 aromatic heterocycles. The molecule has 0 heterocycles. The molecular weight excluding hydrogens is 435 g/mol. The fourth-order valence-electron chi connectivity index (χ4n) is 1.72. The molecule has 1 amide bonds.